The van der Waals surface area contributed by atoms with Crippen LogP contribution in [-0.4, -0.2) is 42.4 Å². The average molecular weight is 506 g/mol. The molecule has 2 amide bonds. The molecule has 0 saturated carbocycles. The van der Waals surface area contributed by atoms with Gasteiger partial charge in [-0.15, -0.1) is 0 Å². The van der Waals surface area contributed by atoms with Gasteiger partial charge >= 0.3 is 5.97 Å². The minimum atomic E-state index is -1.15. The van der Waals surface area contributed by atoms with Crippen LogP contribution >= 0.6 is 34.8 Å². The molecule has 0 radical (unpaired) electrons. The molecule has 172 valence electrons. The van der Waals surface area contributed by atoms with Gasteiger partial charge in [0.05, 0.1) is 41.2 Å². The van der Waals surface area contributed by atoms with E-state index in [-0.39, 0.29) is 44.5 Å². The van der Waals surface area contributed by atoms with Gasteiger partial charge in [-0.25, -0.2) is 4.79 Å². The Labute approximate surface area is 198 Å². The Morgan fingerprint density at radius 2 is 1.16 bits per heavy atom. The molecule has 2 aromatic rings. The molecule has 2 rings (SSSR count). The van der Waals surface area contributed by atoms with Crippen LogP contribution in [0.25, 0.3) is 0 Å². The Morgan fingerprint density at radius 1 is 0.781 bits per heavy atom. The summed E-state index contributed by atoms with van der Waals surface area (Å²) in [5, 5.41) is 13.5. The van der Waals surface area contributed by atoms with Gasteiger partial charge in [-0.3, -0.25) is 14.4 Å². The molecular formula is C20H19Cl3N2O7. The fourth-order valence-corrected chi connectivity index (χ4v) is 2.91. The second-order valence-corrected chi connectivity index (χ2v) is 7.16. The first-order valence-electron chi connectivity index (χ1n) is 8.64. The van der Waals surface area contributed by atoms with Crippen LogP contribution < -0.4 is 20.1 Å². The molecule has 0 atom stereocenters. The highest BCUT2D eigenvalue weighted by atomic mass is 35.5. The molecule has 3 N–H and O–H groups in total. The molecule has 2 aromatic carbocycles. The van der Waals surface area contributed by atoms with E-state index < -0.39 is 11.2 Å². The van der Waals surface area contributed by atoms with Crippen LogP contribution in [-0.2, 0) is 9.59 Å². The molecule has 0 heterocycles. The number of hydrogen-bond acceptors (Lipinski definition) is 6. The van der Waals surface area contributed by atoms with Crippen LogP contribution in [0.15, 0.2) is 24.3 Å². The molecule has 0 aliphatic heterocycles. The van der Waals surface area contributed by atoms with Gasteiger partial charge in [-0.2, -0.15) is 0 Å². The highest BCUT2D eigenvalue weighted by molar-refractivity contribution is 6.68. The van der Waals surface area contributed by atoms with Crippen molar-refractivity contribution < 1.29 is 33.8 Å². The Morgan fingerprint density at radius 3 is 1.47 bits per heavy atom. The number of carboxylic acids is 1. The summed E-state index contributed by atoms with van der Waals surface area (Å²) in [6, 6.07) is 5.39. The summed E-state index contributed by atoms with van der Waals surface area (Å²) in [4.78, 5) is 43.6. The summed E-state index contributed by atoms with van der Waals surface area (Å²) in [5.74, 6) is -1.32. The molecule has 12 heteroatoms. The molecule has 9 nitrogen and oxygen atoms in total. The van der Waals surface area contributed by atoms with E-state index in [2.05, 4.69) is 10.6 Å². The van der Waals surface area contributed by atoms with Crippen LogP contribution in [0.1, 0.15) is 34.6 Å². The van der Waals surface area contributed by atoms with Crippen molar-refractivity contribution in [2.24, 2.45) is 0 Å². The van der Waals surface area contributed by atoms with Gasteiger partial charge in [0.25, 0.3) is 5.24 Å². The summed E-state index contributed by atoms with van der Waals surface area (Å²) < 4.78 is 9.86. The largest absolute Gasteiger partial charge is 0.496 e. The summed E-state index contributed by atoms with van der Waals surface area (Å²) in [6.07, 6.45) is 0. The lowest BCUT2D eigenvalue weighted by Gasteiger charge is -2.10. The lowest BCUT2D eigenvalue weighted by Crippen LogP contribution is -2.08. The van der Waals surface area contributed by atoms with Crippen molar-refractivity contribution in [1.82, 2.24) is 0 Å². The molecule has 0 spiro atoms. The van der Waals surface area contributed by atoms with E-state index in [9.17, 15) is 19.2 Å². The predicted molar refractivity (Wildman–Crippen MR) is 122 cm³/mol. The van der Waals surface area contributed by atoms with Gasteiger partial charge in [0.2, 0.25) is 11.8 Å². The predicted octanol–water partition coefficient (Wildman–Crippen LogP) is 4.69. The molecule has 0 aliphatic rings. The molecular weight excluding hydrogens is 487 g/mol. The van der Waals surface area contributed by atoms with Crippen LogP contribution in [0.5, 0.6) is 11.5 Å². The van der Waals surface area contributed by atoms with E-state index in [0.717, 1.165) is 0 Å². The number of rotatable bonds is 6. The number of aromatic carboxylic acids is 1. The molecule has 32 heavy (non-hydrogen) atoms. The number of carbonyl (C=O) groups is 4. The van der Waals surface area contributed by atoms with E-state index in [1.54, 1.807) is 0 Å². The summed E-state index contributed by atoms with van der Waals surface area (Å²) in [5.41, 5.74) is 0.786. The van der Waals surface area contributed by atoms with E-state index in [0.29, 0.717) is 11.4 Å². The van der Waals surface area contributed by atoms with Crippen molar-refractivity contribution in [2.75, 3.05) is 24.9 Å². The number of halogens is 3. The second-order valence-electron chi connectivity index (χ2n) is 6.01. The van der Waals surface area contributed by atoms with Crippen LogP contribution in [0, 0.1) is 0 Å². The van der Waals surface area contributed by atoms with Crippen molar-refractivity contribution in [1.29, 1.82) is 0 Å². The summed E-state index contributed by atoms with van der Waals surface area (Å²) in [7, 11) is 2.73. The smallest absolute Gasteiger partial charge is 0.339 e. The fraction of sp³-hybridized carbons (Fsp3) is 0.200. The Balaban J connectivity index is 0.000000320. The Kier molecular flexibility index (Phi) is 10.2. The number of amides is 2. The van der Waals surface area contributed by atoms with E-state index in [1.807, 2.05) is 0 Å². The van der Waals surface area contributed by atoms with Crippen molar-refractivity contribution in [3.05, 3.63) is 45.4 Å². The number of benzene rings is 2. The molecule has 0 aromatic heterocycles. The van der Waals surface area contributed by atoms with E-state index in [1.165, 1.54) is 52.3 Å². The monoisotopic (exact) mass is 504 g/mol. The van der Waals surface area contributed by atoms with Gasteiger partial charge in [0.1, 0.15) is 17.1 Å². The third-order valence-electron chi connectivity index (χ3n) is 3.64. The first-order chi connectivity index (χ1) is 14.9. The van der Waals surface area contributed by atoms with Crippen molar-refractivity contribution in [3.8, 4) is 11.5 Å². The topological polar surface area (TPSA) is 131 Å². The number of carbonyl (C=O) groups excluding carboxylic acids is 3. The first kappa shape index (κ1) is 27.0. The quantitative estimate of drug-likeness (QED) is 0.485. The van der Waals surface area contributed by atoms with Gasteiger partial charge in [0, 0.05) is 26.0 Å². The summed E-state index contributed by atoms with van der Waals surface area (Å²) >= 11 is 17.0. The van der Waals surface area contributed by atoms with Gasteiger partial charge in [-0.1, -0.05) is 23.2 Å². The fourth-order valence-electron chi connectivity index (χ4n) is 2.34. The minimum Gasteiger partial charge on any atom is -0.496 e. The highest BCUT2D eigenvalue weighted by Gasteiger charge is 2.16. The normalized spacial score (nSPS) is 9.72. The number of carboxylic acid groups (broad SMARTS) is 1. The van der Waals surface area contributed by atoms with E-state index in [4.69, 9.17) is 49.4 Å². The van der Waals surface area contributed by atoms with Crippen molar-refractivity contribution >= 4 is 69.2 Å². The maximum absolute atomic E-state index is 11.1. The van der Waals surface area contributed by atoms with Crippen LogP contribution in [0.2, 0.25) is 10.0 Å². The van der Waals surface area contributed by atoms with E-state index >= 15 is 0 Å². The van der Waals surface area contributed by atoms with Crippen LogP contribution in [0.3, 0.4) is 0 Å². The minimum absolute atomic E-state index is 0.0541. The molecule has 0 unspecified atom stereocenters. The molecule has 0 fully saturated rings. The van der Waals surface area contributed by atoms with Gasteiger partial charge in [0.15, 0.2) is 0 Å². The van der Waals surface area contributed by atoms with Crippen molar-refractivity contribution in [3.63, 3.8) is 0 Å². The Hall–Kier alpha value is -3.01. The zero-order chi connectivity index (χ0) is 24.6. The van der Waals surface area contributed by atoms with Crippen molar-refractivity contribution in [2.45, 2.75) is 13.8 Å². The van der Waals surface area contributed by atoms with Gasteiger partial charge in [-0.05, 0) is 23.7 Å². The van der Waals surface area contributed by atoms with Crippen LogP contribution in [0.4, 0.5) is 11.4 Å². The number of methoxy groups -OCH3 is 2. The summed E-state index contributed by atoms with van der Waals surface area (Å²) in [6.45, 7) is 2.68. The first-order valence-corrected chi connectivity index (χ1v) is 9.78. The zero-order valence-corrected chi connectivity index (χ0v) is 19.6. The number of hydrogen-bond donors (Lipinski definition) is 3. The average Bonchev–Trinajstić information content (AvgIpc) is 2.69. The van der Waals surface area contributed by atoms with Gasteiger partial charge < -0.3 is 25.2 Å². The Bertz CT molecular complexity index is 974. The standard InChI is InChI=1S/C10H9Cl2NO3.C10H10ClNO4/c1-5(14)13-8-4-9(16-2)6(10(12)15)3-7(8)11;1-5(13)12-8-4-9(16-2)6(10(14)15)3-7(8)11/h3-4H,1-2H3,(H,13,14);3-4H,1-2H3,(H,12,13)(H,14,15). The highest BCUT2D eigenvalue weighted by Crippen LogP contribution is 2.32. The lowest BCUT2D eigenvalue weighted by molar-refractivity contribution is -0.115. The molecule has 0 aliphatic carbocycles. The third kappa shape index (κ3) is 7.60. The third-order valence-corrected chi connectivity index (χ3v) is 4.47. The maximum Gasteiger partial charge on any atom is 0.339 e. The number of nitrogens with one attached hydrogen (secondary N) is 2. The maximum atomic E-state index is 11.1. The molecule has 0 bridgehead atoms. The zero-order valence-electron chi connectivity index (χ0n) is 17.3. The molecule has 0 saturated heterocycles. The number of ether oxygens (including phenoxy) is 2. The SMILES string of the molecule is COc1cc(NC(C)=O)c(Cl)cc1C(=O)Cl.COc1cc(NC(C)=O)c(Cl)cc1C(=O)O. The second kappa shape index (κ2) is 12.1. The lowest BCUT2D eigenvalue weighted by atomic mass is 10.2. The number of anilines is 2.